The summed E-state index contributed by atoms with van der Waals surface area (Å²) in [6, 6.07) is 2.94. The average Bonchev–Trinajstić information content (AvgIpc) is 2.37. The summed E-state index contributed by atoms with van der Waals surface area (Å²) < 4.78 is 13.8. The van der Waals surface area contributed by atoms with Crippen molar-refractivity contribution >= 4 is 24.0 Å². The van der Waals surface area contributed by atoms with Crippen LogP contribution in [0.1, 0.15) is 37.6 Å². The lowest BCUT2D eigenvalue weighted by Crippen LogP contribution is -2.52. The molecule has 1 aromatic rings. The van der Waals surface area contributed by atoms with Gasteiger partial charge in [-0.25, -0.2) is 4.39 Å². The van der Waals surface area contributed by atoms with E-state index in [9.17, 15) is 19.3 Å². The topological polar surface area (TPSA) is 98.3 Å². The molecule has 0 aliphatic heterocycles. The van der Waals surface area contributed by atoms with Crippen LogP contribution >= 0.6 is 12.4 Å². The summed E-state index contributed by atoms with van der Waals surface area (Å²) >= 11 is 0. The third-order valence-corrected chi connectivity index (χ3v) is 3.13. The Labute approximate surface area is 134 Å². The van der Waals surface area contributed by atoms with Gasteiger partial charge in [0.15, 0.2) is 0 Å². The third kappa shape index (κ3) is 5.23. The molecule has 6 nitrogen and oxygen atoms in total. The normalized spacial score (nSPS) is 13.2. The number of non-ortho nitro benzene ring substituents is 1. The van der Waals surface area contributed by atoms with Crippen LogP contribution in [-0.4, -0.2) is 22.9 Å². The van der Waals surface area contributed by atoms with Crippen LogP contribution in [0.4, 0.5) is 10.1 Å². The number of halogens is 2. The van der Waals surface area contributed by atoms with E-state index >= 15 is 0 Å². The summed E-state index contributed by atoms with van der Waals surface area (Å²) in [5.41, 5.74) is 4.40. The van der Waals surface area contributed by atoms with Gasteiger partial charge < -0.3 is 11.1 Å². The number of benzene rings is 1. The highest BCUT2D eigenvalue weighted by Crippen LogP contribution is 2.19. The van der Waals surface area contributed by atoms with E-state index in [1.54, 1.807) is 6.92 Å². The zero-order valence-corrected chi connectivity index (χ0v) is 13.6. The number of nitro groups is 1. The van der Waals surface area contributed by atoms with Gasteiger partial charge >= 0.3 is 0 Å². The van der Waals surface area contributed by atoms with E-state index in [2.05, 4.69) is 5.32 Å². The number of amides is 1. The Kier molecular flexibility index (Phi) is 7.42. The predicted octanol–water partition coefficient (Wildman–Crippen LogP) is 2.65. The second kappa shape index (κ2) is 8.05. The highest BCUT2D eigenvalue weighted by Gasteiger charge is 2.27. The van der Waals surface area contributed by atoms with E-state index in [4.69, 9.17) is 5.73 Å². The molecule has 0 radical (unpaired) electrons. The largest absolute Gasteiger partial charge is 0.346 e. The molecule has 0 aromatic heterocycles. The lowest BCUT2D eigenvalue weighted by Gasteiger charge is -2.31. The molecule has 0 spiro atoms. The fourth-order valence-corrected chi connectivity index (χ4v) is 2.23. The average molecular weight is 334 g/mol. The first-order valence-corrected chi connectivity index (χ1v) is 6.65. The smallest absolute Gasteiger partial charge is 0.272 e. The van der Waals surface area contributed by atoms with Gasteiger partial charge in [-0.05, 0) is 25.3 Å². The molecule has 1 aromatic carbocycles. The highest BCUT2D eigenvalue weighted by molar-refractivity contribution is 5.95. The molecule has 0 heterocycles. The van der Waals surface area contributed by atoms with Crippen molar-refractivity contribution in [2.45, 2.75) is 32.7 Å². The van der Waals surface area contributed by atoms with Gasteiger partial charge in [-0.1, -0.05) is 13.8 Å². The van der Waals surface area contributed by atoms with Crippen molar-refractivity contribution in [3.05, 3.63) is 39.7 Å². The first-order valence-electron chi connectivity index (χ1n) is 6.65. The van der Waals surface area contributed by atoms with Crippen LogP contribution in [0.15, 0.2) is 18.2 Å². The van der Waals surface area contributed by atoms with Gasteiger partial charge in [0.2, 0.25) is 0 Å². The maximum atomic E-state index is 13.8. The molecule has 3 N–H and O–H groups in total. The summed E-state index contributed by atoms with van der Waals surface area (Å²) in [6.45, 7) is 5.98. The number of nitrogens with two attached hydrogens (primary N) is 1. The standard InChI is InChI=1S/C14H20FN3O3.ClH/c1-9(2)7-14(3,8-16)17-13(19)11-5-4-10(18(20)21)6-12(11)15;/h4-6,9H,7-8,16H2,1-3H3,(H,17,19);1H. The number of carbonyl (C=O) groups is 1. The zero-order valence-electron chi connectivity index (χ0n) is 12.8. The minimum absolute atomic E-state index is 0. The summed E-state index contributed by atoms with van der Waals surface area (Å²) in [7, 11) is 0. The van der Waals surface area contributed by atoms with Crippen LogP contribution in [-0.2, 0) is 0 Å². The molecule has 0 saturated heterocycles. The van der Waals surface area contributed by atoms with Crippen molar-refractivity contribution in [1.29, 1.82) is 0 Å². The molecule has 1 atom stereocenters. The van der Waals surface area contributed by atoms with Gasteiger partial charge in [-0.2, -0.15) is 0 Å². The Hall–Kier alpha value is -1.73. The fraction of sp³-hybridized carbons (Fsp3) is 0.500. The number of rotatable bonds is 6. The number of hydrogen-bond donors (Lipinski definition) is 2. The van der Waals surface area contributed by atoms with Crippen LogP contribution in [0.5, 0.6) is 0 Å². The van der Waals surface area contributed by atoms with Gasteiger partial charge in [0.25, 0.3) is 11.6 Å². The Balaban J connectivity index is 0.00000441. The van der Waals surface area contributed by atoms with E-state index in [1.807, 2.05) is 13.8 Å². The molecular weight excluding hydrogens is 313 g/mol. The molecule has 22 heavy (non-hydrogen) atoms. The Morgan fingerprint density at radius 3 is 2.50 bits per heavy atom. The molecule has 0 bridgehead atoms. The quantitative estimate of drug-likeness (QED) is 0.617. The first kappa shape index (κ1) is 20.3. The zero-order chi connectivity index (χ0) is 16.2. The maximum absolute atomic E-state index is 13.8. The Morgan fingerprint density at radius 1 is 1.50 bits per heavy atom. The SMILES string of the molecule is CC(C)CC(C)(CN)NC(=O)c1ccc([N+](=O)[O-])cc1F.Cl. The van der Waals surface area contributed by atoms with E-state index < -0.39 is 27.9 Å². The minimum Gasteiger partial charge on any atom is -0.346 e. The van der Waals surface area contributed by atoms with Gasteiger partial charge in [0, 0.05) is 18.2 Å². The van der Waals surface area contributed by atoms with E-state index in [-0.39, 0.29) is 24.5 Å². The lowest BCUT2D eigenvalue weighted by molar-refractivity contribution is -0.385. The molecule has 1 amide bonds. The van der Waals surface area contributed by atoms with Crippen molar-refractivity contribution in [3.63, 3.8) is 0 Å². The van der Waals surface area contributed by atoms with E-state index in [0.717, 1.165) is 18.2 Å². The van der Waals surface area contributed by atoms with Gasteiger partial charge in [0.1, 0.15) is 5.82 Å². The Bertz CT molecular complexity index is 554. The maximum Gasteiger partial charge on any atom is 0.272 e. The molecule has 124 valence electrons. The van der Waals surface area contributed by atoms with Crippen LogP contribution in [0.25, 0.3) is 0 Å². The van der Waals surface area contributed by atoms with Crippen molar-refractivity contribution in [2.24, 2.45) is 11.7 Å². The molecule has 0 aliphatic carbocycles. The molecule has 0 fully saturated rings. The monoisotopic (exact) mass is 333 g/mol. The molecule has 0 saturated carbocycles. The van der Waals surface area contributed by atoms with E-state index in [0.29, 0.717) is 12.3 Å². The molecule has 1 unspecified atom stereocenters. The van der Waals surface area contributed by atoms with Crippen LogP contribution in [0.2, 0.25) is 0 Å². The summed E-state index contributed by atoms with van der Waals surface area (Å²) in [5, 5.41) is 13.3. The van der Waals surface area contributed by atoms with Gasteiger partial charge in [-0.15, -0.1) is 12.4 Å². The van der Waals surface area contributed by atoms with Crippen LogP contribution in [0, 0.1) is 21.8 Å². The number of carbonyl (C=O) groups excluding carboxylic acids is 1. The van der Waals surface area contributed by atoms with Crippen LogP contribution < -0.4 is 11.1 Å². The van der Waals surface area contributed by atoms with Gasteiger partial charge in [-0.3, -0.25) is 14.9 Å². The molecular formula is C14H21ClFN3O3. The number of hydrogen-bond acceptors (Lipinski definition) is 4. The predicted molar refractivity (Wildman–Crippen MR) is 84.7 cm³/mol. The van der Waals surface area contributed by atoms with Crippen LogP contribution in [0.3, 0.4) is 0 Å². The molecule has 0 aliphatic rings. The second-order valence-corrected chi connectivity index (χ2v) is 5.74. The Morgan fingerprint density at radius 2 is 2.09 bits per heavy atom. The van der Waals surface area contributed by atoms with Crippen molar-refractivity contribution < 1.29 is 14.1 Å². The second-order valence-electron chi connectivity index (χ2n) is 5.74. The third-order valence-electron chi connectivity index (χ3n) is 3.13. The first-order chi connectivity index (χ1) is 9.68. The highest BCUT2D eigenvalue weighted by atomic mass is 35.5. The van der Waals surface area contributed by atoms with Gasteiger partial charge in [0.05, 0.1) is 16.6 Å². The lowest BCUT2D eigenvalue weighted by atomic mass is 9.90. The van der Waals surface area contributed by atoms with Crippen molar-refractivity contribution in [2.75, 3.05) is 6.54 Å². The van der Waals surface area contributed by atoms with Crippen molar-refractivity contribution in [1.82, 2.24) is 5.32 Å². The molecule has 1 rings (SSSR count). The van der Waals surface area contributed by atoms with Crippen molar-refractivity contribution in [3.8, 4) is 0 Å². The van der Waals surface area contributed by atoms with E-state index in [1.165, 1.54) is 0 Å². The number of nitro benzene ring substituents is 1. The number of nitrogens with one attached hydrogen (secondary N) is 1. The molecule has 8 heteroatoms. The minimum atomic E-state index is -0.925. The summed E-state index contributed by atoms with van der Waals surface area (Å²) in [5.74, 6) is -1.25. The summed E-state index contributed by atoms with van der Waals surface area (Å²) in [6.07, 6.45) is 0.643. The fourth-order valence-electron chi connectivity index (χ4n) is 2.23. The number of nitrogens with zero attached hydrogens (tertiary/aromatic N) is 1. The summed E-state index contributed by atoms with van der Waals surface area (Å²) in [4.78, 5) is 22.0.